The second kappa shape index (κ2) is 6.11. The summed E-state index contributed by atoms with van der Waals surface area (Å²) in [6, 6.07) is 6.46. The number of ether oxygens (including phenoxy) is 1. The van der Waals surface area contributed by atoms with Gasteiger partial charge < -0.3 is 10.5 Å². The van der Waals surface area contributed by atoms with E-state index >= 15 is 0 Å². The molecule has 2 rings (SSSR count). The van der Waals surface area contributed by atoms with Crippen LogP contribution in [0.25, 0.3) is 0 Å². The van der Waals surface area contributed by atoms with E-state index in [1.165, 1.54) is 0 Å². The maximum absolute atomic E-state index is 12.4. The number of sulfonamides is 1. The summed E-state index contributed by atoms with van der Waals surface area (Å²) in [4.78, 5) is 0.251. The molecule has 1 aliphatic carbocycles. The van der Waals surface area contributed by atoms with Gasteiger partial charge in [-0.2, -0.15) is 0 Å². The van der Waals surface area contributed by atoms with Crippen LogP contribution in [0, 0.1) is 0 Å². The molecule has 0 aliphatic heterocycles. The normalized spacial score (nSPS) is 18.1. The van der Waals surface area contributed by atoms with Gasteiger partial charge in [0.05, 0.1) is 11.5 Å². The summed E-state index contributed by atoms with van der Waals surface area (Å²) in [5, 5.41) is 0. The predicted octanol–water partition coefficient (Wildman–Crippen LogP) is 1.64. The van der Waals surface area contributed by atoms with Gasteiger partial charge in [0.25, 0.3) is 0 Å². The topological polar surface area (TPSA) is 81.4 Å². The number of hydrogen-bond donors (Lipinski definition) is 2. The van der Waals surface area contributed by atoms with E-state index < -0.39 is 15.6 Å². The van der Waals surface area contributed by atoms with Gasteiger partial charge in [0, 0.05) is 12.1 Å². The molecule has 1 fully saturated rings. The van der Waals surface area contributed by atoms with Crippen molar-refractivity contribution in [2.75, 3.05) is 13.2 Å². The van der Waals surface area contributed by atoms with Crippen LogP contribution in [0.3, 0.4) is 0 Å². The number of benzene rings is 1. The molecule has 0 aromatic heterocycles. The minimum Gasteiger partial charge on any atom is -0.494 e. The van der Waals surface area contributed by atoms with Gasteiger partial charge in [-0.3, -0.25) is 0 Å². The van der Waals surface area contributed by atoms with E-state index in [-0.39, 0.29) is 4.90 Å². The van der Waals surface area contributed by atoms with Crippen molar-refractivity contribution >= 4 is 10.0 Å². The molecule has 0 bridgehead atoms. The van der Waals surface area contributed by atoms with Gasteiger partial charge in [0.15, 0.2) is 0 Å². The Labute approximate surface area is 120 Å². The Morgan fingerprint density at radius 3 is 2.35 bits per heavy atom. The third-order valence-corrected chi connectivity index (χ3v) is 5.34. The fraction of sp³-hybridized carbons (Fsp3) is 0.571. The first-order valence-corrected chi connectivity index (χ1v) is 8.46. The van der Waals surface area contributed by atoms with Crippen molar-refractivity contribution < 1.29 is 13.2 Å². The highest BCUT2D eigenvalue weighted by molar-refractivity contribution is 7.89. The zero-order valence-corrected chi connectivity index (χ0v) is 12.6. The molecule has 1 aromatic carbocycles. The maximum atomic E-state index is 12.4. The third-order valence-electron chi connectivity index (χ3n) is 3.75. The van der Waals surface area contributed by atoms with Gasteiger partial charge in [0.2, 0.25) is 10.0 Å². The highest BCUT2D eigenvalue weighted by Crippen LogP contribution is 2.30. The lowest BCUT2D eigenvalue weighted by atomic mass is 10.0. The van der Waals surface area contributed by atoms with Crippen molar-refractivity contribution in [2.45, 2.75) is 43.0 Å². The highest BCUT2D eigenvalue weighted by atomic mass is 32.2. The van der Waals surface area contributed by atoms with E-state index in [9.17, 15) is 8.42 Å². The van der Waals surface area contributed by atoms with Gasteiger partial charge in [-0.1, -0.05) is 12.8 Å². The van der Waals surface area contributed by atoms with Crippen LogP contribution >= 0.6 is 0 Å². The van der Waals surface area contributed by atoms with Crippen LogP contribution in [0.2, 0.25) is 0 Å². The van der Waals surface area contributed by atoms with E-state index in [0.29, 0.717) is 18.9 Å². The van der Waals surface area contributed by atoms with Gasteiger partial charge in [-0.15, -0.1) is 0 Å². The maximum Gasteiger partial charge on any atom is 0.241 e. The van der Waals surface area contributed by atoms with Crippen LogP contribution in [-0.2, 0) is 10.0 Å². The average Bonchev–Trinajstić information content (AvgIpc) is 2.88. The molecule has 1 aromatic rings. The molecule has 0 saturated heterocycles. The van der Waals surface area contributed by atoms with E-state index in [0.717, 1.165) is 25.7 Å². The molecular weight excluding hydrogens is 276 g/mol. The van der Waals surface area contributed by atoms with E-state index in [1.54, 1.807) is 24.3 Å². The molecule has 0 spiro atoms. The molecule has 0 radical (unpaired) electrons. The third kappa shape index (κ3) is 3.31. The molecule has 0 atom stereocenters. The summed E-state index contributed by atoms with van der Waals surface area (Å²) in [7, 11) is -3.53. The highest BCUT2D eigenvalue weighted by Gasteiger charge is 2.36. The standard InChI is InChI=1S/C14H22N2O3S/c1-2-19-12-5-7-13(8-6-12)20(17,18)16-14(11-15)9-3-4-10-14/h5-8,16H,2-4,9-11,15H2,1H3. The molecule has 6 heteroatoms. The van der Waals surface area contributed by atoms with Crippen molar-refractivity contribution in [3.8, 4) is 5.75 Å². The Morgan fingerprint density at radius 1 is 1.25 bits per heavy atom. The van der Waals surface area contributed by atoms with Gasteiger partial charge in [-0.05, 0) is 44.0 Å². The lowest BCUT2D eigenvalue weighted by Gasteiger charge is -2.28. The van der Waals surface area contributed by atoms with Gasteiger partial charge in [-0.25, -0.2) is 13.1 Å². The molecule has 3 N–H and O–H groups in total. The fourth-order valence-corrected chi connectivity index (χ4v) is 4.10. The average molecular weight is 298 g/mol. The molecule has 5 nitrogen and oxygen atoms in total. The van der Waals surface area contributed by atoms with Crippen molar-refractivity contribution in [3.05, 3.63) is 24.3 Å². The molecule has 1 aliphatic rings. The zero-order valence-electron chi connectivity index (χ0n) is 11.8. The van der Waals surface area contributed by atoms with Crippen molar-refractivity contribution in [3.63, 3.8) is 0 Å². The molecule has 0 unspecified atom stereocenters. The Balaban J connectivity index is 2.17. The van der Waals surface area contributed by atoms with Crippen LogP contribution in [0.5, 0.6) is 5.75 Å². The lowest BCUT2D eigenvalue weighted by molar-refractivity contribution is 0.340. The zero-order chi connectivity index (χ0) is 14.6. The number of hydrogen-bond acceptors (Lipinski definition) is 4. The summed E-state index contributed by atoms with van der Waals surface area (Å²) >= 11 is 0. The Hall–Kier alpha value is -1.11. The minimum atomic E-state index is -3.53. The summed E-state index contributed by atoms with van der Waals surface area (Å²) in [5.74, 6) is 0.667. The number of nitrogens with two attached hydrogens (primary N) is 1. The molecule has 112 valence electrons. The van der Waals surface area contributed by atoms with Crippen molar-refractivity contribution in [1.82, 2.24) is 4.72 Å². The molecule has 0 amide bonds. The number of rotatable bonds is 6. The first-order chi connectivity index (χ1) is 9.51. The van der Waals surface area contributed by atoms with Crippen LogP contribution in [-0.4, -0.2) is 27.1 Å². The molecule has 20 heavy (non-hydrogen) atoms. The smallest absolute Gasteiger partial charge is 0.241 e. The summed E-state index contributed by atoms with van der Waals surface area (Å²) in [5.41, 5.74) is 5.30. The summed E-state index contributed by atoms with van der Waals surface area (Å²) in [6.45, 7) is 2.78. The van der Waals surface area contributed by atoms with E-state index in [2.05, 4.69) is 4.72 Å². The van der Waals surface area contributed by atoms with E-state index in [1.807, 2.05) is 6.92 Å². The quantitative estimate of drug-likeness (QED) is 0.836. The Bertz CT molecular complexity index is 534. The fourth-order valence-electron chi connectivity index (χ4n) is 2.63. The summed E-state index contributed by atoms with van der Waals surface area (Å²) in [6.07, 6.45) is 3.64. The van der Waals surface area contributed by atoms with Crippen LogP contribution in [0.1, 0.15) is 32.6 Å². The van der Waals surface area contributed by atoms with Crippen molar-refractivity contribution in [1.29, 1.82) is 0 Å². The van der Waals surface area contributed by atoms with E-state index in [4.69, 9.17) is 10.5 Å². The molecule has 1 saturated carbocycles. The SMILES string of the molecule is CCOc1ccc(S(=O)(=O)NC2(CN)CCCC2)cc1. The molecular formula is C14H22N2O3S. The predicted molar refractivity (Wildman–Crippen MR) is 78.2 cm³/mol. The first-order valence-electron chi connectivity index (χ1n) is 6.98. The lowest BCUT2D eigenvalue weighted by Crippen LogP contribution is -2.51. The largest absolute Gasteiger partial charge is 0.494 e. The monoisotopic (exact) mass is 298 g/mol. The Morgan fingerprint density at radius 2 is 1.85 bits per heavy atom. The van der Waals surface area contributed by atoms with Crippen LogP contribution < -0.4 is 15.2 Å². The molecule has 0 heterocycles. The van der Waals surface area contributed by atoms with Gasteiger partial charge in [0.1, 0.15) is 5.75 Å². The van der Waals surface area contributed by atoms with Crippen LogP contribution in [0.4, 0.5) is 0 Å². The number of nitrogens with one attached hydrogen (secondary N) is 1. The minimum absolute atomic E-state index is 0.251. The Kier molecular flexibility index (Phi) is 4.67. The summed E-state index contributed by atoms with van der Waals surface area (Å²) < 4.78 is 32.9. The second-order valence-corrected chi connectivity index (χ2v) is 6.88. The van der Waals surface area contributed by atoms with Crippen molar-refractivity contribution in [2.24, 2.45) is 5.73 Å². The van der Waals surface area contributed by atoms with Crippen LogP contribution in [0.15, 0.2) is 29.2 Å². The second-order valence-electron chi connectivity index (χ2n) is 5.20. The van der Waals surface area contributed by atoms with Gasteiger partial charge >= 0.3 is 0 Å². The first kappa shape index (κ1) is 15.3.